The summed E-state index contributed by atoms with van der Waals surface area (Å²) >= 11 is 11.9. The molecular formula is C24H19Cl2NO4. The third-order valence-electron chi connectivity index (χ3n) is 5.36. The average molecular weight is 456 g/mol. The van der Waals surface area contributed by atoms with Crippen molar-refractivity contribution < 1.29 is 19.4 Å². The Morgan fingerprint density at radius 2 is 1.55 bits per heavy atom. The van der Waals surface area contributed by atoms with Gasteiger partial charge in [0.05, 0.1) is 10.0 Å². The number of alkyl carbamates (subject to hydrolysis) is 1. The summed E-state index contributed by atoms with van der Waals surface area (Å²) in [7, 11) is 0. The van der Waals surface area contributed by atoms with Crippen LogP contribution in [0.4, 0.5) is 4.79 Å². The molecule has 3 aromatic carbocycles. The zero-order chi connectivity index (χ0) is 22.0. The van der Waals surface area contributed by atoms with Gasteiger partial charge in [0.25, 0.3) is 0 Å². The summed E-state index contributed by atoms with van der Waals surface area (Å²) < 4.78 is 5.44. The molecule has 4 rings (SSSR count). The predicted molar refractivity (Wildman–Crippen MR) is 120 cm³/mol. The minimum atomic E-state index is -1.17. The molecule has 0 fully saturated rings. The number of benzene rings is 3. The van der Waals surface area contributed by atoms with Gasteiger partial charge in [0.15, 0.2) is 0 Å². The molecule has 2 N–H and O–H groups in total. The number of rotatable bonds is 6. The van der Waals surface area contributed by atoms with Gasteiger partial charge >= 0.3 is 12.1 Å². The molecule has 1 aliphatic carbocycles. The van der Waals surface area contributed by atoms with E-state index < -0.39 is 18.1 Å². The Bertz CT molecular complexity index is 1100. The van der Waals surface area contributed by atoms with Gasteiger partial charge in [-0.3, -0.25) is 0 Å². The molecule has 1 aliphatic rings. The number of aliphatic carboxylic acids is 1. The van der Waals surface area contributed by atoms with Gasteiger partial charge in [-0.15, -0.1) is 0 Å². The fourth-order valence-electron chi connectivity index (χ4n) is 3.88. The van der Waals surface area contributed by atoms with E-state index >= 15 is 0 Å². The van der Waals surface area contributed by atoms with Crippen LogP contribution in [0, 0.1) is 0 Å². The van der Waals surface area contributed by atoms with Crippen LogP contribution in [0.25, 0.3) is 11.1 Å². The highest BCUT2D eigenvalue weighted by Crippen LogP contribution is 2.44. The van der Waals surface area contributed by atoms with Crippen molar-refractivity contribution in [3.05, 3.63) is 93.5 Å². The van der Waals surface area contributed by atoms with Crippen LogP contribution in [-0.4, -0.2) is 29.8 Å². The van der Waals surface area contributed by atoms with Crippen molar-refractivity contribution in [3.63, 3.8) is 0 Å². The lowest BCUT2D eigenvalue weighted by Gasteiger charge is -2.17. The predicted octanol–water partition coefficient (Wildman–Crippen LogP) is 5.53. The molecule has 1 atom stereocenters. The molecule has 0 aliphatic heterocycles. The van der Waals surface area contributed by atoms with Crippen molar-refractivity contribution in [1.29, 1.82) is 0 Å². The number of carbonyl (C=O) groups is 2. The molecule has 31 heavy (non-hydrogen) atoms. The number of hydrogen-bond acceptors (Lipinski definition) is 3. The van der Waals surface area contributed by atoms with Crippen LogP contribution in [0.3, 0.4) is 0 Å². The van der Waals surface area contributed by atoms with Gasteiger partial charge < -0.3 is 15.2 Å². The Morgan fingerprint density at radius 3 is 2.13 bits per heavy atom. The van der Waals surface area contributed by atoms with E-state index in [2.05, 4.69) is 5.32 Å². The molecule has 0 radical (unpaired) electrons. The van der Waals surface area contributed by atoms with Crippen LogP contribution in [-0.2, 0) is 16.0 Å². The average Bonchev–Trinajstić information content (AvgIpc) is 3.08. The second-order valence-electron chi connectivity index (χ2n) is 7.31. The number of carboxylic acids is 1. The Morgan fingerprint density at radius 1 is 0.935 bits per heavy atom. The quantitative estimate of drug-likeness (QED) is 0.512. The molecular weight excluding hydrogens is 437 g/mol. The van der Waals surface area contributed by atoms with E-state index in [9.17, 15) is 14.7 Å². The molecule has 0 saturated carbocycles. The Labute approximate surface area is 189 Å². The van der Waals surface area contributed by atoms with E-state index in [0.29, 0.717) is 15.6 Å². The number of carbonyl (C=O) groups excluding carboxylic acids is 1. The van der Waals surface area contributed by atoms with E-state index in [0.717, 1.165) is 22.3 Å². The van der Waals surface area contributed by atoms with Gasteiger partial charge in [-0.2, -0.15) is 0 Å². The monoisotopic (exact) mass is 455 g/mol. The fraction of sp³-hybridized carbons (Fsp3) is 0.167. The highest BCUT2D eigenvalue weighted by atomic mass is 35.5. The molecule has 5 nitrogen and oxygen atoms in total. The number of hydrogen-bond donors (Lipinski definition) is 2. The maximum absolute atomic E-state index is 12.4. The van der Waals surface area contributed by atoms with Crippen LogP contribution >= 0.6 is 23.2 Å². The van der Waals surface area contributed by atoms with E-state index in [1.165, 1.54) is 0 Å². The fourth-order valence-corrected chi connectivity index (χ4v) is 4.21. The summed E-state index contributed by atoms with van der Waals surface area (Å²) in [4.78, 5) is 24.1. The molecule has 0 aromatic heterocycles. The van der Waals surface area contributed by atoms with Gasteiger partial charge in [-0.05, 0) is 39.9 Å². The summed E-state index contributed by atoms with van der Waals surface area (Å²) in [6, 6.07) is 19.7. The summed E-state index contributed by atoms with van der Waals surface area (Å²) in [5.41, 5.74) is 5.05. The summed E-state index contributed by atoms with van der Waals surface area (Å²) in [6.07, 6.45) is -0.731. The number of nitrogens with one attached hydrogen (secondary N) is 1. The van der Waals surface area contributed by atoms with Gasteiger partial charge in [0, 0.05) is 12.3 Å². The zero-order valence-corrected chi connectivity index (χ0v) is 17.9. The van der Waals surface area contributed by atoms with Gasteiger partial charge in [0.2, 0.25) is 0 Å². The van der Waals surface area contributed by atoms with Gasteiger partial charge in [0.1, 0.15) is 12.6 Å². The van der Waals surface area contributed by atoms with Crippen LogP contribution in [0.5, 0.6) is 0 Å². The third-order valence-corrected chi connectivity index (χ3v) is 6.10. The van der Waals surface area contributed by atoms with E-state index in [4.69, 9.17) is 27.9 Å². The molecule has 0 saturated heterocycles. The first-order valence-electron chi connectivity index (χ1n) is 9.72. The first kappa shape index (κ1) is 21.2. The highest BCUT2D eigenvalue weighted by molar-refractivity contribution is 6.42. The second-order valence-corrected chi connectivity index (χ2v) is 8.13. The number of fused-ring (bicyclic) bond motifs is 3. The van der Waals surface area contributed by atoms with Crippen molar-refractivity contribution in [2.24, 2.45) is 0 Å². The number of amides is 1. The van der Waals surface area contributed by atoms with Crippen molar-refractivity contribution in [2.75, 3.05) is 6.61 Å². The minimum Gasteiger partial charge on any atom is -0.480 e. The maximum atomic E-state index is 12.4. The van der Waals surface area contributed by atoms with Crippen molar-refractivity contribution >= 4 is 35.3 Å². The van der Waals surface area contributed by atoms with E-state index in [-0.39, 0.29) is 18.9 Å². The lowest BCUT2D eigenvalue weighted by molar-refractivity contribution is -0.139. The Kier molecular flexibility index (Phi) is 6.16. The van der Waals surface area contributed by atoms with E-state index in [1.54, 1.807) is 18.2 Å². The van der Waals surface area contributed by atoms with Crippen molar-refractivity contribution in [2.45, 2.75) is 18.4 Å². The Balaban J connectivity index is 1.43. The smallest absolute Gasteiger partial charge is 0.407 e. The van der Waals surface area contributed by atoms with Crippen molar-refractivity contribution in [1.82, 2.24) is 5.32 Å². The van der Waals surface area contributed by atoms with Crippen LogP contribution in [0.1, 0.15) is 22.6 Å². The number of ether oxygens (including phenoxy) is 1. The molecule has 7 heteroatoms. The normalized spacial score (nSPS) is 13.2. The lowest BCUT2D eigenvalue weighted by Crippen LogP contribution is -2.42. The highest BCUT2D eigenvalue weighted by Gasteiger charge is 2.29. The number of carboxylic acid groups (broad SMARTS) is 1. The first-order chi connectivity index (χ1) is 14.9. The molecule has 0 spiro atoms. The SMILES string of the molecule is O=C(N[C@H](Cc1ccc(Cl)c(Cl)c1)C(=O)O)OCC1c2ccccc2-c2ccccc21. The minimum absolute atomic E-state index is 0.0520. The second kappa shape index (κ2) is 9.00. The number of halogens is 2. The van der Waals surface area contributed by atoms with Gasteiger partial charge in [-0.1, -0.05) is 77.8 Å². The molecule has 3 aromatic rings. The Hall–Kier alpha value is -3.02. The summed E-state index contributed by atoms with van der Waals surface area (Å²) in [5.74, 6) is -1.27. The maximum Gasteiger partial charge on any atom is 0.407 e. The molecule has 1 amide bonds. The summed E-state index contributed by atoms with van der Waals surface area (Å²) in [5, 5.41) is 12.7. The van der Waals surface area contributed by atoms with Crippen LogP contribution < -0.4 is 5.32 Å². The molecule has 0 heterocycles. The zero-order valence-electron chi connectivity index (χ0n) is 16.3. The summed E-state index contributed by atoms with van der Waals surface area (Å²) in [6.45, 7) is 0.110. The third kappa shape index (κ3) is 4.53. The van der Waals surface area contributed by atoms with Crippen LogP contribution in [0.2, 0.25) is 10.0 Å². The van der Waals surface area contributed by atoms with E-state index in [1.807, 2.05) is 48.5 Å². The van der Waals surface area contributed by atoms with Crippen molar-refractivity contribution in [3.8, 4) is 11.1 Å². The molecule has 0 bridgehead atoms. The molecule has 158 valence electrons. The topological polar surface area (TPSA) is 75.6 Å². The largest absolute Gasteiger partial charge is 0.480 e. The first-order valence-corrected chi connectivity index (χ1v) is 10.5. The standard InChI is InChI=1S/C24H19Cl2NO4/c25-20-10-9-14(11-21(20)26)12-22(23(28)29)27-24(30)31-13-19-17-7-3-1-5-15(17)16-6-2-4-8-18(16)19/h1-11,19,22H,12-13H2,(H,27,30)(H,28,29)/t22-/m1/s1. The molecule has 0 unspecified atom stereocenters. The van der Waals surface area contributed by atoms with Gasteiger partial charge in [-0.25, -0.2) is 9.59 Å². The van der Waals surface area contributed by atoms with Crippen LogP contribution in [0.15, 0.2) is 66.7 Å². The lowest BCUT2D eigenvalue weighted by atomic mass is 9.98.